The summed E-state index contributed by atoms with van der Waals surface area (Å²) in [5.41, 5.74) is 0.800. The first-order chi connectivity index (χ1) is 5.79. The Morgan fingerprint density at radius 3 is 3.00 bits per heavy atom. The summed E-state index contributed by atoms with van der Waals surface area (Å²) >= 11 is 0. The molecular formula is C8H10N2O2. The van der Waals surface area contributed by atoms with Crippen molar-refractivity contribution in [1.29, 1.82) is 0 Å². The largest absolute Gasteiger partial charge is 0.445 e. The molecule has 2 heterocycles. The maximum atomic E-state index is 11.1. The minimum Gasteiger partial charge on any atom is -0.296 e. The molecule has 1 aromatic heterocycles. The summed E-state index contributed by atoms with van der Waals surface area (Å²) in [4.78, 5) is 11.1. The van der Waals surface area contributed by atoms with Gasteiger partial charge in [-0.1, -0.05) is 11.7 Å². The van der Waals surface area contributed by atoms with Crippen LogP contribution in [0.5, 0.6) is 0 Å². The van der Waals surface area contributed by atoms with Gasteiger partial charge in [0.15, 0.2) is 5.82 Å². The van der Waals surface area contributed by atoms with Gasteiger partial charge in [0.1, 0.15) is 0 Å². The normalized spacial score (nSPS) is 17.2. The fourth-order valence-electron chi connectivity index (χ4n) is 1.47. The quantitative estimate of drug-likeness (QED) is 0.578. The Bertz CT molecular complexity index is 361. The van der Waals surface area contributed by atoms with Crippen LogP contribution in [0.4, 0.5) is 0 Å². The molecular weight excluding hydrogens is 156 g/mol. The van der Waals surface area contributed by atoms with Gasteiger partial charge in [0.25, 0.3) is 0 Å². The Kier molecular flexibility index (Phi) is 1.60. The van der Waals surface area contributed by atoms with E-state index in [0.29, 0.717) is 5.82 Å². The van der Waals surface area contributed by atoms with Gasteiger partial charge in [-0.3, -0.25) is 4.52 Å². The molecule has 64 valence electrons. The molecule has 1 aromatic rings. The predicted molar refractivity (Wildman–Crippen MR) is 43.6 cm³/mol. The van der Waals surface area contributed by atoms with E-state index < -0.39 is 5.76 Å². The van der Waals surface area contributed by atoms with Gasteiger partial charge in [0.2, 0.25) is 0 Å². The molecule has 1 aliphatic heterocycles. The molecule has 0 spiro atoms. The lowest BCUT2D eigenvalue weighted by Gasteiger charge is -1.99. The number of fused-ring (bicyclic) bond motifs is 1. The number of aromatic nitrogens is 2. The van der Waals surface area contributed by atoms with Crippen molar-refractivity contribution < 1.29 is 4.52 Å². The lowest BCUT2D eigenvalue weighted by atomic mass is 10.2. The third kappa shape index (κ3) is 0.995. The molecule has 2 rings (SSSR count). The Hall–Kier alpha value is -1.32. The Balaban J connectivity index is 2.56. The van der Waals surface area contributed by atoms with E-state index in [-0.39, 0.29) is 0 Å². The summed E-state index contributed by atoms with van der Waals surface area (Å²) in [7, 11) is 0. The maximum absolute atomic E-state index is 11.1. The zero-order chi connectivity index (χ0) is 8.55. The second-order valence-corrected chi connectivity index (χ2v) is 2.97. The molecule has 0 radical (unpaired) electrons. The molecule has 0 N–H and O–H groups in total. The van der Waals surface area contributed by atoms with Crippen molar-refractivity contribution in [2.24, 2.45) is 0 Å². The van der Waals surface area contributed by atoms with Crippen LogP contribution >= 0.6 is 0 Å². The van der Waals surface area contributed by atoms with Crippen molar-refractivity contribution in [2.45, 2.75) is 25.7 Å². The third-order valence-electron chi connectivity index (χ3n) is 2.10. The van der Waals surface area contributed by atoms with Gasteiger partial charge in [-0.25, -0.2) is 9.36 Å². The molecule has 0 unspecified atom stereocenters. The molecule has 0 amide bonds. The van der Waals surface area contributed by atoms with Crippen LogP contribution in [0.2, 0.25) is 0 Å². The summed E-state index contributed by atoms with van der Waals surface area (Å²) in [6.07, 6.45) is 3.78. The highest BCUT2D eigenvalue weighted by Gasteiger charge is 2.15. The zero-order valence-electron chi connectivity index (χ0n) is 6.75. The SMILES string of the molecule is C=C1CCCCc2noc(=O)n21. The van der Waals surface area contributed by atoms with Gasteiger partial charge in [-0.2, -0.15) is 0 Å². The van der Waals surface area contributed by atoms with Crippen molar-refractivity contribution in [3.8, 4) is 0 Å². The topological polar surface area (TPSA) is 48.0 Å². The predicted octanol–water partition coefficient (Wildman–Crippen LogP) is 1.03. The summed E-state index contributed by atoms with van der Waals surface area (Å²) in [5.74, 6) is 0.305. The van der Waals surface area contributed by atoms with Crippen molar-refractivity contribution in [3.05, 3.63) is 23.0 Å². The van der Waals surface area contributed by atoms with E-state index in [9.17, 15) is 4.79 Å². The minimum absolute atomic E-state index is 0.406. The van der Waals surface area contributed by atoms with Crippen LogP contribution in [0.15, 0.2) is 15.9 Å². The van der Waals surface area contributed by atoms with Crippen LogP contribution in [0.3, 0.4) is 0 Å². The molecule has 0 aromatic carbocycles. The van der Waals surface area contributed by atoms with Crippen LogP contribution in [-0.2, 0) is 6.42 Å². The third-order valence-corrected chi connectivity index (χ3v) is 2.10. The summed E-state index contributed by atoms with van der Waals surface area (Å²) in [5, 5.41) is 3.68. The van der Waals surface area contributed by atoms with Crippen molar-refractivity contribution in [1.82, 2.24) is 9.72 Å². The van der Waals surface area contributed by atoms with E-state index in [0.717, 1.165) is 31.4 Å². The van der Waals surface area contributed by atoms with Crippen LogP contribution in [0, 0.1) is 0 Å². The first-order valence-electron chi connectivity index (χ1n) is 4.05. The van der Waals surface area contributed by atoms with E-state index in [1.165, 1.54) is 4.57 Å². The average Bonchev–Trinajstić information content (AvgIpc) is 2.29. The van der Waals surface area contributed by atoms with Crippen LogP contribution < -0.4 is 5.76 Å². The number of hydrogen-bond donors (Lipinski definition) is 0. The van der Waals surface area contributed by atoms with Gasteiger partial charge in [0, 0.05) is 12.1 Å². The molecule has 1 aliphatic rings. The smallest absolute Gasteiger partial charge is 0.296 e. The molecule has 4 heteroatoms. The van der Waals surface area contributed by atoms with E-state index >= 15 is 0 Å². The van der Waals surface area contributed by atoms with Crippen molar-refractivity contribution in [3.63, 3.8) is 0 Å². The first-order valence-corrected chi connectivity index (χ1v) is 4.05. The molecule has 0 atom stereocenters. The maximum Gasteiger partial charge on any atom is 0.445 e. The van der Waals surface area contributed by atoms with Gasteiger partial charge < -0.3 is 0 Å². The van der Waals surface area contributed by atoms with Gasteiger partial charge in [-0.15, -0.1) is 0 Å². The van der Waals surface area contributed by atoms with Crippen molar-refractivity contribution in [2.75, 3.05) is 0 Å². The zero-order valence-corrected chi connectivity index (χ0v) is 6.75. The van der Waals surface area contributed by atoms with E-state index in [1.807, 2.05) is 0 Å². The second kappa shape index (κ2) is 2.62. The van der Waals surface area contributed by atoms with Gasteiger partial charge in [-0.05, 0) is 19.3 Å². The number of rotatable bonds is 0. The average molecular weight is 166 g/mol. The summed E-state index contributed by atoms with van der Waals surface area (Å²) < 4.78 is 6.02. The Morgan fingerprint density at radius 1 is 1.42 bits per heavy atom. The van der Waals surface area contributed by atoms with Gasteiger partial charge in [0.05, 0.1) is 0 Å². The highest BCUT2D eigenvalue weighted by molar-refractivity contribution is 5.41. The second-order valence-electron chi connectivity index (χ2n) is 2.97. The lowest BCUT2D eigenvalue weighted by molar-refractivity contribution is 0.377. The molecule has 4 nitrogen and oxygen atoms in total. The fraction of sp³-hybridized carbons (Fsp3) is 0.500. The number of allylic oxidation sites excluding steroid dienone is 1. The highest BCUT2D eigenvalue weighted by Crippen LogP contribution is 2.17. The molecule has 0 saturated carbocycles. The fourth-order valence-corrected chi connectivity index (χ4v) is 1.47. The number of hydrogen-bond acceptors (Lipinski definition) is 3. The first kappa shape index (κ1) is 7.34. The van der Waals surface area contributed by atoms with Gasteiger partial charge >= 0.3 is 5.76 Å². The standard InChI is InChI=1S/C8H10N2O2/c1-6-4-2-3-5-7-9-12-8(11)10(6)7/h1-5H2. The molecule has 0 fully saturated rings. The van der Waals surface area contributed by atoms with E-state index in [4.69, 9.17) is 0 Å². The Labute approximate surface area is 69.5 Å². The van der Waals surface area contributed by atoms with E-state index in [1.54, 1.807) is 0 Å². The molecule has 0 saturated heterocycles. The molecule has 0 bridgehead atoms. The monoisotopic (exact) mass is 166 g/mol. The molecule has 12 heavy (non-hydrogen) atoms. The minimum atomic E-state index is -0.406. The van der Waals surface area contributed by atoms with Crippen molar-refractivity contribution >= 4 is 5.70 Å². The van der Waals surface area contributed by atoms with E-state index in [2.05, 4.69) is 16.3 Å². The highest BCUT2D eigenvalue weighted by atomic mass is 16.5. The lowest BCUT2D eigenvalue weighted by Crippen LogP contribution is -2.14. The summed E-state index contributed by atoms with van der Waals surface area (Å²) in [6, 6.07) is 0. The Morgan fingerprint density at radius 2 is 2.17 bits per heavy atom. The number of aryl methyl sites for hydroxylation is 1. The van der Waals surface area contributed by atoms with Crippen LogP contribution in [0.1, 0.15) is 25.1 Å². The number of nitrogens with zero attached hydrogens (tertiary/aromatic N) is 2. The van der Waals surface area contributed by atoms with Crippen LogP contribution in [-0.4, -0.2) is 9.72 Å². The summed E-state index contributed by atoms with van der Waals surface area (Å²) in [6.45, 7) is 3.81. The van der Waals surface area contributed by atoms with Crippen LogP contribution in [0.25, 0.3) is 5.70 Å². The molecule has 0 aliphatic carbocycles.